The minimum Gasteiger partial charge on any atom is -0.392 e. The second-order valence-electron chi connectivity index (χ2n) is 4.13. The molecule has 0 aliphatic carbocycles. The Morgan fingerprint density at radius 3 is 2.74 bits per heavy atom. The maximum Gasteiger partial charge on any atom is 0.221 e. The third-order valence-electron chi connectivity index (χ3n) is 2.87. The van der Waals surface area contributed by atoms with Crippen LogP contribution in [0.1, 0.15) is 31.5 Å². The second-order valence-corrected chi connectivity index (χ2v) is 6.55. The van der Waals surface area contributed by atoms with Gasteiger partial charge in [-0.2, -0.15) is 0 Å². The van der Waals surface area contributed by atoms with Crippen molar-refractivity contribution in [2.75, 3.05) is 0 Å². The van der Waals surface area contributed by atoms with Gasteiger partial charge in [-0.05, 0) is 24.5 Å². The largest absolute Gasteiger partial charge is 0.392 e. The summed E-state index contributed by atoms with van der Waals surface area (Å²) in [6.45, 7) is 3.89. The molecule has 0 aliphatic heterocycles. The summed E-state index contributed by atoms with van der Waals surface area (Å²) < 4.78 is 26.7. The van der Waals surface area contributed by atoms with Crippen LogP contribution in [0, 0.1) is 0 Å². The standard InChI is InChI=1S/C12H19N3O2S2/c1-3-9-6-5-7-14-10(9)8-15-19(16,17)11(4-2)12(13)18/h5-7,11,15H,3-4,8H2,1-2H3,(H2,13,18). The molecule has 1 rings (SSSR count). The van der Waals surface area contributed by atoms with Gasteiger partial charge in [0.2, 0.25) is 10.0 Å². The molecule has 0 aromatic carbocycles. The van der Waals surface area contributed by atoms with Crippen LogP contribution in [0.4, 0.5) is 0 Å². The van der Waals surface area contributed by atoms with Gasteiger partial charge >= 0.3 is 0 Å². The fourth-order valence-electron chi connectivity index (χ4n) is 1.80. The number of aryl methyl sites for hydroxylation is 1. The van der Waals surface area contributed by atoms with E-state index in [2.05, 4.69) is 9.71 Å². The summed E-state index contributed by atoms with van der Waals surface area (Å²) in [4.78, 5) is 4.18. The fourth-order valence-corrected chi connectivity index (χ4v) is 3.63. The van der Waals surface area contributed by atoms with Crippen molar-refractivity contribution in [3.05, 3.63) is 29.6 Å². The first-order chi connectivity index (χ1) is 8.92. The van der Waals surface area contributed by atoms with Crippen molar-refractivity contribution in [1.29, 1.82) is 0 Å². The Hall–Kier alpha value is -1.05. The molecule has 1 heterocycles. The molecule has 0 spiro atoms. The lowest BCUT2D eigenvalue weighted by molar-refractivity contribution is 0.573. The van der Waals surface area contributed by atoms with Crippen LogP contribution in [-0.4, -0.2) is 23.6 Å². The zero-order chi connectivity index (χ0) is 14.5. The molecule has 1 atom stereocenters. The third-order valence-corrected chi connectivity index (χ3v) is 5.19. The van der Waals surface area contributed by atoms with Crippen molar-refractivity contribution < 1.29 is 8.42 Å². The number of pyridine rings is 1. The Morgan fingerprint density at radius 1 is 1.53 bits per heavy atom. The predicted octanol–water partition coefficient (Wildman–Crippen LogP) is 1.13. The zero-order valence-electron chi connectivity index (χ0n) is 11.1. The van der Waals surface area contributed by atoms with Gasteiger partial charge in [0, 0.05) is 6.20 Å². The van der Waals surface area contributed by atoms with E-state index in [4.69, 9.17) is 18.0 Å². The summed E-state index contributed by atoms with van der Waals surface area (Å²) in [5, 5.41) is -0.837. The summed E-state index contributed by atoms with van der Waals surface area (Å²) in [5.74, 6) is 0. The molecule has 19 heavy (non-hydrogen) atoms. The Kier molecular flexibility index (Phi) is 5.84. The van der Waals surface area contributed by atoms with E-state index >= 15 is 0 Å². The van der Waals surface area contributed by atoms with Gasteiger partial charge in [-0.1, -0.05) is 32.1 Å². The minimum absolute atomic E-state index is 0.00765. The van der Waals surface area contributed by atoms with E-state index < -0.39 is 15.3 Å². The minimum atomic E-state index is -3.55. The van der Waals surface area contributed by atoms with Gasteiger partial charge in [-0.25, -0.2) is 13.1 Å². The highest BCUT2D eigenvalue weighted by Gasteiger charge is 2.26. The normalized spacial score (nSPS) is 13.2. The molecular weight excluding hydrogens is 282 g/mol. The first-order valence-corrected chi connectivity index (χ1v) is 8.08. The van der Waals surface area contributed by atoms with Crippen LogP contribution in [0.5, 0.6) is 0 Å². The molecule has 0 radical (unpaired) electrons. The molecule has 0 bridgehead atoms. The molecule has 0 fully saturated rings. The van der Waals surface area contributed by atoms with E-state index in [1.807, 2.05) is 19.1 Å². The molecule has 3 N–H and O–H groups in total. The zero-order valence-corrected chi connectivity index (χ0v) is 12.7. The Bertz CT molecular complexity index is 544. The molecule has 5 nitrogen and oxygen atoms in total. The predicted molar refractivity (Wildman–Crippen MR) is 80.2 cm³/mol. The van der Waals surface area contributed by atoms with Crippen LogP contribution in [-0.2, 0) is 23.0 Å². The Balaban J connectivity index is 2.83. The van der Waals surface area contributed by atoms with Crippen molar-refractivity contribution in [1.82, 2.24) is 9.71 Å². The first-order valence-electron chi connectivity index (χ1n) is 6.12. The van der Waals surface area contributed by atoms with E-state index in [0.717, 1.165) is 17.7 Å². The van der Waals surface area contributed by atoms with Crippen molar-refractivity contribution in [3.8, 4) is 0 Å². The number of hydrogen-bond acceptors (Lipinski definition) is 4. The van der Waals surface area contributed by atoms with E-state index in [0.29, 0.717) is 6.42 Å². The molecule has 0 aliphatic rings. The number of aromatic nitrogens is 1. The van der Waals surface area contributed by atoms with Gasteiger partial charge in [0.25, 0.3) is 0 Å². The number of thiocarbonyl (C=S) groups is 1. The van der Waals surface area contributed by atoms with Gasteiger partial charge in [-0.15, -0.1) is 0 Å². The average molecular weight is 301 g/mol. The topological polar surface area (TPSA) is 85.1 Å². The van der Waals surface area contributed by atoms with Crippen LogP contribution in [0.2, 0.25) is 0 Å². The maximum atomic E-state index is 12.1. The Morgan fingerprint density at radius 2 is 2.21 bits per heavy atom. The van der Waals surface area contributed by atoms with Crippen molar-refractivity contribution in [2.24, 2.45) is 5.73 Å². The maximum absolute atomic E-state index is 12.1. The number of nitrogens with zero attached hydrogens (tertiary/aromatic N) is 1. The van der Waals surface area contributed by atoms with E-state index in [1.54, 1.807) is 13.1 Å². The van der Waals surface area contributed by atoms with Gasteiger partial charge in [0.1, 0.15) is 5.25 Å². The number of hydrogen-bond donors (Lipinski definition) is 2. The lowest BCUT2D eigenvalue weighted by atomic mass is 10.1. The quantitative estimate of drug-likeness (QED) is 0.737. The number of rotatable bonds is 7. The average Bonchev–Trinajstić information content (AvgIpc) is 2.36. The van der Waals surface area contributed by atoms with Crippen LogP contribution in [0.3, 0.4) is 0 Å². The van der Waals surface area contributed by atoms with Crippen molar-refractivity contribution in [3.63, 3.8) is 0 Å². The van der Waals surface area contributed by atoms with Crippen molar-refractivity contribution >= 4 is 27.2 Å². The number of nitrogens with two attached hydrogens (primary N) is 1. The SMILES string of the molecule is CCc1cccnc1CNS(=O)(=O)C(CC)C(N)=S. The molecule has 106 valence electrons. The highest BCUT2D eigenvalue weighted by Crippen LogP contribution is 2.09. The molecule has 1 unspecified atom stereocenters. The monoisotopic (exact) mass is 301 g/mol. The lowest BCUT2D eigenvalue weighted by Crippen LogP contribution is -2.41. The molecule has 0 saturated heterocycles. The summed E-state index contributed by atoms with van der Waals surface area (Å²) in [6.07, 6.45) is 2.80. The van der Waals surface area contributed by atoms with Gasteiger partial charge < -0.3 is 5.73 Å². The van der Waals surface area contributed by atoms with Crippen LogP contribution < -0.4 is 10.5 Å². The number of sulfonamides is 1. The highest BCUT2D eigenvalue weighted by atomic mass is 32.2. The molecule has 0 saturated carbocycles. The molecule has 0 amide bonds. The smallest absolute Gasteiger partial charge is 0.221 e. The third kappa shape index (κ3) is 4.22. The summed E-state index contributed by atoms with van der Waals surface area (Å²) in [6, 6.07) is 3.77. The molecule has 1 aromatic rings. The summed E-state index contributed by atoms with van der Waals surface area (Å²) in [7, 11) is -3.55. The summed E-state index contributed by atoms with van der Waals surface area (Å²) >= 11 is 4.79. The van der Waals surface area contributed by atoms with Gasteiger partial charge in [-0.3, -0.25) is 4.98 Å². The Labute approximate surface area is 119 Å². The van der Waals surface area contributed by atoms with Crippen LogP contribution in [0.15, 0.2) is 18.3 Å². The number of nitrogens with one attached hydrogen (secondary N) is 1. The molecular formula is C12H19N3O2S2. The first kappa shape index (κ1) is 16.0. The molecule has 7 heteroatoms. The highest BCUT2D eigenvalue weighted by molar-refractivity contribution is 7.93. The van der Waals surface area contributed by atoms with Crippen LogP contribution >= 0.6 is 12.2 Å². The fraction of sp³-hybridized carbons (Fsp3) is 0.500. The van der Waals surface area contributed by atoms with Crippen molar-refractivity contribution in [2.45, 2.75) is 38.5 Å². The van der Waals surface area contributed by atoms with E-state index in [-0.39, 0.29) is 11.5 Å². The van der Waals surface area contributed by atoms with E-state index in [9.17, 15) is 8.42 Å². The van der Waals surface area contributed by atoms with Gasteiger partial charge in [0.15, 0.2) is 0 Å². The van der Waals surface area contributed by atoms with Gasteiger partial charge in [0.05, 0.1) is 17.2 Å². The lowest BCUT2D eigenvalue weighted by Gasteiger charge is -2.15. The summed E-state index contributed by atoms with van der Waals surface area (Å²) in [5.41, 5.74) is 7.20. The van der Waals surface area contributed by atoms with E-state index in [1.165, 1.54) is 0 Å². The second kappa shape index (κ2) is 6.93. The van der Waals surface area contributed by atoms with Crippen LogP contribution in [0.25, 0.3) is 0 Å². The molecule has 1 aromatic heterocycles.